The summed E-state index contributed by atoms with van der Waals surface area (Å²) in [6, 6.07) is 9.98. The first kappa shape index (κ1) is 22.3. The van der Waals surface area contributed by atoms with Crippen LogP contribution in [0.25, 0.3) is 11.6 Å². The van der Waals surface area contributed by atoms with E-state index in [-0.39, 0.29) is 23.4 Å². The van der Waals surface area contributed by atoms with Crippen LogP contribution >= 0.6 is 11.8 Å². The molecule has 2 heterocycles. The molecule has 0 spiro atoms. The maximum atomic E-state index is 12.8. The van der Waals surface area contributed by atoms with Crippen LogP contribution in [0.3, 0.4) is 0 Å². The number of nitrogens with one attached hydrogen (secondary N) is 1. The molecule has 1 fully saturated rings. The number of anilines is 1. The zero-order valence-electron chi connectivity index (χ0n) is 17.5. The molecule has 0 saturated heterocycles. The van der Waals surface area contributed by atoms with Gasteiger partial charge in [-0.3, -0.25) is 9.36 Å². The fourth-order valence-corrected chi connectivity index (χ4v) is 4.73. The molecular weight excluding hydrogens is 438 g/mol. The van der Waals surface area contributed by atoms with Crippen LogP contribution in [-0.2, 0) is 4.79 Å². The second-order valence-corrected chi connectivity index (χ2v) is 8.88. The summed E-state index contributed by atoms with van der Waals surface area (Å²) in [5.41, 5.74) is 0.190. The number of thioether (sulfide) groups is 1. The fourth-order valence-electron chi connectivity index (χ4n) is 3.81. The second kappa shape index (κ2) is 10.2. The number of alkyl halides is 2. The Morgan fingerprint density at radius 2 is 1.97 bits per heavy atom. The first-order valence-electron chi connectivity index (χ1n) is 10.5. The number of furan rings is 1. The van der Waals surface area contributed by atoms with Gasteiger partial charge in [0.15, 0.2) is 10.9 Å². The van der Waals surface area contributed by atoms with E-state index in [1.54, 1.807) is 31.4 Å². The number of hydrogen-bond donors (Lipinski definition) is 1. The van der Waals surface area contributed by atoms with Crippen LogP contribution in [0.5, 0.6) is 5.75 Å². The number of halogens is 2. The number of benzene rings is 1. The van der Waals surface area contributed by atoms with E-state index in [1.165, 1.54) is 30.3 Å². The maximum absolute atomic E-state index is 12.8. The van der Waals surface area contributed by atoms with Gasteiger partial charge in [0.25, 0.3) is 0 Å². The third-order valence-electron chi connectivity index (χ3n) is 5.36. The summed E-state index contributed by atoms with van der Waals surface area (Å²) in [6.45, 7) is -1.24. The molecule has 1 amide bonds. The van der Waals surface area contributed by atoms with Crippen LogP contribution in [0.1, 0.15) is 45.1 Å². The lowest BCUT2D eigenvalue weighted by molar-refractivity contribution is -0.115. The molecule has 1 N–H and O–H groups in total. The normalized spacial score (nSPS) is 15.6. The minimum atomic E-state index is -2.98. The number of para-hydroxylation sites is 2. The van der Waals surface area contributed by atoms with Gasteiger partial charge in [0.05, 0.1) is 17.2 Å². The Morgan fingerprint density at radius 1 is 1.19 bits per heavy atom. The molecule has 170 valence electrons. The highest BCUT2D eigenvalue weighted by Gasteiger charge is 2.27. The number of ether oxygens (including phenoxy) is 1. The van der Waals surface area contributed by atoms with E-state index in [0.29, 0.717) is 16.7 Å². The molecular formula is C22H24F2N4O3S. The number of carbonyl (C=O) groups excluding carboxylic acids is 1. The zero-order chi connectivity index (χ0) is 22.5. The molecule has 0 bridgehead atoms. The Labute approximate surface area is 188 Å². The average Bonchev–Trinajstić information content (AvgIpc) is 3.45. The molecule has 1 atom stereocenters. The van der Waals surface area contributed by atoms with E-state index in [4.69, 9.17) is 4.42 Å². The quantitative estimate of drug-likeness (QED) is 0.428. The van der Waals surface area contributed by atoms with Crippen molar-refractivity contribution in [3.05, 3.63) is 42.7 Å². The molecule has 1 aliphatic carbocycles. The van der Waals surface area contributed by atoms with Crippen LogP contribution in [-0.4, -0.2) is 32.5 Å². The van der Waals surface area contributed by atoms with E-state index in [0.717, 1.165) is 25.7 Å². The average molecular weight is 463 g/mol. The number of rotatable bonds is 8. The van der Waals surface area contributed by atoms with Crippen LogP contribution in [0, 0.1) is 0 Å². The highest BCUT2D eigenvalue weighted by Crippen LogP contribution is 2.37. The largest absolute Gasteiger partial charge is 0.461 e. The van der Waals surface area contributed by atoms with Crippen molar-refractivity contribution in [3.8, 4) is 17.3 Å². The summed E-state index contributed by atoms with van der Waals surface area (Å²) in [5, 5.41) is 11.4. The SMILES string of the molecule is CC(Sc1nnc(-c2ccco2)n1C1CCCCC1)C(=O)Nc1ccccc1OC(F)F. The van der Waals surface area contributed by atoms with Gasteiger partial charge in [0.1, 0.15) is 5.75 Å². The van der Waals surface area contributed by atoms with Crippen molar-refractivity contribution in [2.75, 3.05) is 5.32 Å². The Kier molecular flexibility index (Phi) is 7.09. The van der Waals surface area contributed by atoms with Crippen molar-refractivity contribution in [1.29, 1.82) is 0 Å². The third-order valence-corrected chi connectivity index (χ3v) is 6.42. The fraction of sp³-hybridized carbons (Fsp3) is 0.409. The summed E-state index contributed by atoms with van der Waals surface area (Å²) in [4.78, 5) is 12.8. The van der Waals surface area contributed by atoms with Gasteiger partial charge in [-0.15, -0.1) is 10.2 Å². The Hall–Kier alpha value is -2.88. The van der Waals surface area contributed by atoms with E-state index >= 15 is 0 Å². The maximum Gasteiger partial charge on any atom is 0.387 e. The van der Waals surface area contributed by atoms with E-state index in [2.05, 4.69) is 24.8 Å². The van der Waals surface area contributed by atoms with E-state index < -0.39 is 11.9 Å². The van der Waals surface area contributed by atoms with Gasteiger partial charge in [-0.05, 0) is 44.0 Å². The molecule has 1 unspecified atom stereocenters. The first-order valence-corrected chi connectivity index (χ1v) is 11.4. The molecule has 3 aromatic rings. The summed E-state index contributed by atoms with van der Waals surface area (Å²) in [5.74, 6) is 0.842. The molecule has 1 aliphatic rings. The molecule has 1 aromatic carbocycles. The lowest BCUT2D eigenvalue weighted by Gasteiger charge is -2.25. The van der Waals surface area contributed by atoms with Gasteiger partial charge in [-0.1, -0.05) is 43.2 Å². The number of aromatic nitrogens is 3. The molecule has 0 aliphatic heterocycles. The van der Waals surface area contributed by atoms with Gasteiger partial charge in [0, 0.05) is 6.04 Å². The zero-order valence-corrected chi connectivity index (χ0v) is 18.4. The van der Waals surface area contributed by atoms with Crippen LogP contribution < -0.4 is 10.1 Å². The second-order valence-electron chi connectivity index (χ2n) is 7.57. The number of nitrogens with zero attached hydrogens (tertiary/aromatic N) is 3. The van der Waals surface area contributed by atoms with Crippen LogP contribution in [0.4, 0.5) is 14.5 Å². The lowest BCUT2D eigenvalue weighted by atomic mass is 9.95. The monoisotopic (exact) mass is 462 g/mol. The summed E-state index contributed by atoms with van der Waals surface area (Å²) >= 11 is 1.28. The predicted molar refractivity (Wildman–Crippen MR) is 117 cm³/mol. The molecule has 2 aromatic heterocycles. The van der Waals surface area contributed by atoms with E-state index in [1.807, 2.05) is 6.07 Å². The Bertz CT molecular complexity index is 1040. The van der Waals surface area contributed by atoms with E-state index in [9.17, 15) is 13.6 Å². The lowest BCUT2D eigenvalue weighted by Crippen LogP contribution is -2.24. The number of hydrogen-bond acceptors (Lipinski definition) is 6. The molecule has 7 nitrogen and oxygen atoms in total. The number of amides is 1. The summed E-state index contributed by atoms with van der Waals surface area (Å²) < 4.78 is 37.4. The highest BCUT2D eigenvalue weighted by molar-refractivity contribution is 8.00. The standard InChI is InChI=1S/C22H24F2N4O3S/c1-14(20(29)25-16-10-5-6-11-17(16)31-21(23)24)32-22-27-26-19(18-12-7-13-30-18)28(22)15-8-3-2-4-9-15/h5-7,10-15,21H,2-4,8-9H2,1H3,(H,25,29). The Morgan fingerprint density at radius 3 is 2.69 bits per heavy atom. The molecule has 1 saturated carbocycles. The van der Waals surface area contributed by atoms with Gasteiger partial charge < -0.3 is 14.5 Å². The Balaban J connectivity index is 1.53. The van der Waals surface area contributed by atoms with Gasteiger partial charge in [-0.2, -0.15) is 8.78 Å². The minimum absolute atomic E-state index is 0.0847. The number of carbonyl (C=O) groups is 1. The summed E-state index contributed by atoms with van der Waals surface area (Å²) in [7, 11) is 0. The van der Waals surface area contributed by atoms with Crippen LogP contribution in [0.15, 0.2) is 52.2 Å². The highest BCUT2D eigenvalue weighted by atomic mass is 32.2. The van der Waals surface area contributed by atoms with Crippen molar-refractivity contribution in [3.63, 3.8) is 0 Å². The summed E-state index contributed by atoms with van der Waals surface area (Å²) in [6.07, 6.45) is 7.08. The van der Waals surface area contributed by atoms with Crippen molar-refractivity contribution in [1.82, 2.24) is 14.8 Å². The predicted octanol–water partition coefficient (Wildman–Crippen LogP) is 5.76. The third kappa shape index (κ3) is 5.12. The minimum Gasteiger partial charge on any atom is -0.461 e. The van der Waals surface area contributed by atoms with Crippen molar-refractivity contribution in [2.45, 2.75) is 62.1 Å². The van der Waals surface area contributed by atoms with Crippen molar-refractivity contribution >= 4 is 23.4 Å². The van der Waals surface area contributed by atoms with Gasteiger partial charge >= 0.3 is 6.61 Å². The first-order chi connectivity index (χ1) is 15.5. The molecule has 0 radical (unpaired) electrons. The molecule has 4 rings (SSSR count). The van der Waals surface area contributed by atoms with Crippen molar-refractivity contribution in [2.24, 2.45) is 0 Å². The molecule has 10 heteroatoms. The topological polar surface area (TPSA) is 82.2 Å². The molecule has 32 heavy (non-hydrogen) atoms. The van der Waals surface area contributed by atoms with Gasteiger partial charge in [0.2, 0.25) is 11.7 Å². The van der Waals surface area contributed by atoms with Crippen molar-refractivity contribution < 1.29 is 22.7 Å². The smallest absolute Gasteiger partial charge is 0.387 e. The van der Waals surface area contributed by atoms with Crippen LogP contribution in [0.2, 0.25) is 0 Å². The van der Waals surface area contributed by atoms with Gasteiger partial charge in [-0.25, -0.2) is 0 Å².